The fourth-order valence-electron chi connectivity index (χ4n) is 2.94. The molecule has 0 saturated heterocycles. The third-order valence-electron chi connectivity index (χ3n) is 4.45. The van der Waals surface area contributed by atoms with Crippen LogP contribution in [0.1, 0.15) is 30.1 Å². The van der Waals surface area contributed by atoms with Crippen LogP contribution in [0.25, 0.3) is 22.6 Å². The molecule has 0 radical (unpaired) electrons. The molecular formula is C19H20N4O. The van der Waals surface area contributed by atoms with E-state index in [1.807, 2.05) is 36.4 Å². The van der Waals surface area contributed by atoms with E-state index in [0.717, 1.165) is 35.6 Å². The first-order valence-corrected chi connectivity index (χ1v) is 8.46. The van der Waals surface area contributed by atoms with E-state index in [9.17, 15) is 4.79 Å². The molecule has 1 aliphatic carbocycles. The molecular weight excluding hydrogens is 300 g/mol. The Morgan fingerprint density at radius 3 is 2.96 bits per heavy atom. The van der Waals surface area contributed by atoms with Crippen molar-refractivity contribution < 1.29 is 4.79 Å². The van der Waals surface area contributed by atoms with Crippen LogP contribution in [0.2, 0.25) is 0 Å². The average molecular weight is 320 g/mol. The number of hydrogen-bond donors (Lipinski definition) is 1. The van der Waals surface area contributed by atoms with Crippen LogP contribution < -0.4 is 5.32 Å². The Hall–Kier alpha value is -2.69. The monoisotopic (exact) mass is 320 g/mol. The van der Waals surface area contributed by atoms with Gasteiger partial charge >= 0.3 is 0 Å². The van der Waals surface area contributed by atoms with Crippen LogP contribution in [0, 0.1) is 5.92 Å². The van der Waals surface area contributed by atoms with E-state index in [1.165, 1.54) is 12.8 Å². The molecule has 1 aliphatic rings. The first-order valence-electron chi connectivity index (χ1n) is 8.46. The first-order chi connectivity index (χ1) is 11.8. The van der Waals surface area contributed by atoms with Gasteiger partial charge in [0.2, 0.25) is 0 Å². The number of aromatic nitrogens is 3. The van der Waals surface area contributed by atoms with Gasteiger partial charge in [0.25, 0.3) is 5.91 Å². The van der Waals surface area contributed by atoms with E-state index in [4.69, 9.17) is 4.98 Å². The van der Waals surface area contributed by atoms with Crippen molar-refractivity contribution in [3.63, 3.8) is 0 Å². The number of fused-ring (bicyclic) bond motifs is 1. The van der Waals surface area contributed by atoms with Crippen LogP contribution in [-0.2, 0) is 6.54 Å². The second-order valence-corrected chi connectivity index (χ2v) is 6.26. The van der Waals surface area contributed by atoms with Crippen molar-refractivity contribution in [2.45, 2.75) is 26.3 Å². The van der Waals surface area contributed by atoms with Gasteiger partial charge in [0.1, 0.15) is 11.3 Å². The zero-order chi connectivity index (χ0) is 16.5. The van der Waals surface area contributed by atoms with Crippen molar-refractivity contribution in [1.29, 1.82) is 0 Å². The van der Waals surface area contributed by atoms with Gasteiger partial charge in [0.15, 0.2) is 5.65 Å². The molecule has 5 nitrogen and oxygen atoms in total. The molecule has 1 fully saturated rings. The van der Waals surface area contributed by atoms with Gasteiger partial charge in [-0.15, -0.1) is 0 Å². The van der Waals surface area contributed by atoms with Crippen LogP contribution in [0.4, 0.5) is 0 Å². The molecule has 0 spiro atoms. The molecule has 3 aromatic rings. The quantitative estimate of drug-likeness (QED) is 0.785. The van der Waals surface area contributed by atoms with E-state index >= 15 is 0 Å². The molecule has 4 rings (SSSR count). The molecule has 1 amide bonds. The number of carbonyl (C=O) groups is 1. The van der Waals surface area contributed by atoms with E-state index in [0.29, 0.717) is 11.5 Å². The van der Waals surface area contributed by atoms with Gasteiger partial charge in [-0.1, -0.05) is 12.1 Å². The summed E-state index contributed by atoms with van der Waals surface area (Å²) in [5.74, 6) is 1.51. The highest BCUT2D eigenvalue weighted by Gasteiger charge is 2.22. The highest BCUT2D eigenvalue weighted by Crippen LogP contribution is 2.28. The Morgan fingerprint density at radius 1 is 1.29 bits per heavy atom. The van der Waals surface area contributed by atoms with Gasteiger partial charge in [-0.3, -0.25) is 4.79 Å². The van der Waals surface area contributed by atoms with E-state index in [-0.39, 0.29) is 5.91 Å². The van der Waals surface area contributed by atoms with E-state index < -0.39 is 0 Å². The van der Waals surface area contributed by atoms with Crippen molar-refractivity contribution in [1.82, 2.24) is 19.9 Å². The molecule has 1 N–H and O–H groups in total. The SMILES string of the molecule is CCn1c(-c2cccc(C(=O)NCC3CC3)c2)nc2cccnc21. The molecule has 1 aromatic carbocycles. The third-order valence-corrected chi connectivity index (χ3v) is 4.45. The normalized spacial score (nSPS) is 14.0. The van der Waals surface area contributed by atoms with Crippen molar-refractivity contribution >= 4 is 17.1 Å². The first kappa shape index (κ1) is 14.9. The molecule has 24 heavy (non-hydrogen) atoms. The maximum atomic E-state index is 12.3. The maximum Gasteiger partial charge on any atom is 0.251 e. The summed E-state index contributed by atoms with van der Waals surface area (Å²) in [7, 11) is 0. The predicted molar refractivity (Wildman–Crippen MR) is 93.7 cm³/mol. The van der Waals surface area contributed by atoms with Crippen molar-refractivity contribution in [2.75, 3.05) is 6.54 Å². The number of rotatable bonds is 5. The summed E-state index contributed by atoms with van der Waals surface area (Å²) in [4.78, 5) is 21.5. The Balaban J connectivity index is 1.69. The number of pyridine rings is 1. The maximum absolute atomic E-state index is 12.3. The van der Waals surface area contributed by atoms with Crippen LogP contribution >= 0.6 is 0 Å². The van der Waals surface area contributed by atoms with E-state index in [2.05, 4.69) is 21.8 Å². The molecule has 0 atom stereocenters. The topological polar surface area (TPSA) is 59.8 Å². The van der Waals surface area contributed by atoms with Gasteiger partial charge in [0, 0.05) is 30.4 Å². The summed E-state index contributed by atoms with van der Waals surface area (Å²) in [6.07, 6.45) is 4.24. The molecule has 122 valence electrons. The van der Waals surface area contributed by atoms with Crippen LogP contribution in [0.5, 0.6) is 0 Å². The van der Waals surface area contributed by atoms with Gasteiger partial charge < -0.3 is 9.88 Å². The summed E-state index contributed by atoms with van der Waals surface area (Å²) in [5, 5.41) is 3.02. The summed E-state index contributed by atoms with van der Waals surface area (Å²) < 4.78 is 2.08. The number of nitrogens with zero attached hydrogens (tertiary/aromatic N) is 3. The number of carbonyl (C=O) groups excluding carboxylic acids is 1. The lowest BCUT2D eigenvalue weighted by molar-refractivity contribution is 0.0952. The zero-order valence-corrected chi connectivity index (χ0v) is 13.7. The van der Waals surface area contributed by atoms with Crippen LogP contribution in [0.3, 0.4) is 0 Å². The number of nitrogens with one attached hydrogen (secondary N) is 1. The summed E-state index contributed by atoms with van der Waals surface area (Å²) >= 11 is 0. The largest absolute Gasteiger partial charge is 0.352 e. The minimum atomic E-state index is -0.0129. The summed E-state index contributed by atoms with van der Waals surface area (Å²) in [5.41, 5.74) is 3.36. The third kappa shape index (κ3) is 2.77. The number of amides is 1. The predicted octanol–water partition coefficient (Wildman–Crippen LogP) is 3.26. The second-order valence-electron chi connectivity index (χ2n) is 6.26. The average Bonchev–Trinajstić information content (AvgIpc) is 3.38. The molecule has 0 bridgehead atoms. The fourth-order valence-corrected chi connectivity index (χ4v) is 2.94. The Morgan fingerprint density at radius 2 is 2.17 bits per heavy atom. The standard InChI is InChI=1S/C19H20N4O/c1-2-23-17(22-16-7-4-10-20-18(16)23)14-5-3-6-15(11-14)19(24)21-12-13-8-9-13/h3-7,10-11,13H,2,8-9,12H2,1H3,(H,21,24). The Bertz CT molecular complexity index is 895. The van der Waals surface area contributed by atoms with Crippen LogP contribution in [-0.4, -0.2) is 27.0 Å². The van der Waals surface area contributed by atoms with Crippen molar-refractivity contribution in [2.24, 2.45) is 5.92 Å². The van der Waals surface area contributed by atoms with Gasteiger partial charge in [-0.05, 0) is 49.9 Å². The van der Waals surface area contributed by atoms with Gasteiger partial charge in [-0.25, -0.2) is 9.97 Å². The molecule has 1 saturated carbocycles. The van der Waals surface area contributed by atoms with E-state index in [1.54, 1.807) is 6.20 Å². The zero-order valence-electron chi connectivity index (χ0n) is 13.7. The lowest BCUT2D eigenvalue weighted by Crippen LogP contribution is -2.25. The van der Waals surface area contributed by atoms with Crippen molar-refractivity contribution in [3.8, 4) is 11.4 Å². The molecule has 2 aromatic heterocycles. The van der Waals surface area contributed by atoms with Gasteiger partial charge in [0.05, 0.1) is 0 Å². The highest BCUT2D eigenvalue weighted by atomic mass is 16.1. The number of aryl methyl sites for hydroxylation is 1. The Kier molecular flexibility index (Phi) is 3.76. The summed E-state index contributed by atoms with van der Waals surface area (Å²) in [6.45, 7) is 3.63. The number of imidazole rings is 1. The highest BCUT2D eigenvalue weighted by molar-refractivity contribution is 5.95. The smallest absolute Gasteiger partial charge is 0.251 e. The van der Waals surface area contributed by atoms with Crippen LogP contribution in [0.15, 0.2) is 42.6 Å². The second kappa shape index (κ2) is 6.07. The molecule has 0 aliphatic heterocycles. The molecule has 2 heterocycles. The van der Waals surface area contributed by atoms with Gasteiger partial charge in [-0.2, -0.15) is 0 Å². The number of benzene rings is 1. The summed E-state index contributed by atoms with van der Waals surface area (Å²) in [6, 6.07) is 11.5. The lowest BCUT2D eigenvalue weighted by atomic mass is 10.1. The fraction of sp³-hybridized carbons (Fsp3) is 0.316. The minimum absolute atomic E-state index is 0.0129. The molecule has 0 unspecified atom stereocenters. The minimum Gasteiger partial charge on any atom is -0.352 e. The Labute approximate surface area is 140 Å². The lowest BCUT2D eigenvalue weighted by Gasteiger charge is -2.08. The number of hydrogen-bond acceptors (Lipinski definition) is 3. The molecule has 5 heteroatoms. The van der Waals surface area contributed by atoms with Crippen molar-refractivity contribution in [3.05, 3.63) is 48.2 Å².